The molecule has 5 aromatic rings. The number of nitrogens with zero attached hydrogens (tertiary/aromatic N) is 5. The number of nitrogens with one attached hydrogen (secondary N) is 2. The van der Waals surface area contributed by atoms with Crippen LogP contribution in [0.5, 0.6) is 5.88 Å². The molecule has 2 aromatic heterocycles. The Morgan fingerprint density at radius 3 is 2.76 bits per heavy atom. The van der Waals surface area contributed by atoms with Crippen LogP contribution >= 0.6 is 0 Å². The molecular weight excluding hydrogens is 686 g/mol. The standard InChI is InChI=1S/C42H38FN7O4/c1-25-17-29(19-32-39(25)48-41(52)42(32)12-13-42)40(51)45-30-7-8-36-35(20-30)46-37(50(36)22-31-11-16-53-31)23-49-14-9-27(10-15-49)34-3-2-4-38(47-34)54-24-28-6-5-26(21-44)18-33(28)43/h2-9,17-20,31H,10-16,22-24H2,1H3,(H,45,51)(H,48,52)/t31-/m0/s1. The predicted octanol–water partition coefficient (Wildman–Crippen LogP) is 6.64. The lowest BCUT2D eigenvalue weighted by molar-refractivity contribution is -0.117. The fraction of sp³-hybridized carbons (Fsp3) is 0.310. The number of hydrogen-bond donors (Lipinski definition) is 2. The van der Waals surface area contributed by atoms with Crippen molar-refractivity contribution in [1.29, 1.82) is 5.26 Å². The van der Waals surface area contributed by atoms with Gasteiger partial charge in [0, 0.05) is 48.3 Å². The first-order valence-corrected chi connectivity index (χ1v) is 18.4. The van der Waals surface area contributed by atoms with Gasteiger partial charge in [-0.2, -0.15) is 5.26 Å². The van der Waals surface area contributed by atoms with Crippen molar-refractivity contribution in [3.63, 3.8) is 0 Å². The largest absolute Gasteiger partial charge is 0.473 e. The number of aryl methyl sites for hydroxylation is 1. The summed E-state index contributed by atoms with van der Waals surface area (Å²) < 4.78 is 28.2. The molecule has 4 aliphatic rings. The Hall–Kier alpha value is -5.90. The van der Waals surface area contributed by atoms with E-state index >= 15 is 0 Å². The highest BCUT2D eigenvalue weighted by Gasteiger charge is 2.56. The lowest BCUT2D eigenvalue weighted by Gasteiger charge is -2.29. The van der Waals surface area contributed by atoms with Gasteiger partial charge in [0.05, 0.1) is 53.0 Å². The van der Waals surface area contributed by atoms with Crippen molar-refractivity contribution in [2.45, 2.75) is 63.8 Å². The lowest BCUT2D eigenvalue weighted by atomic mass is 9.93. The number of fused-ring (bicyclic) bond motifs is 3. The molecule has 0 unspecified atom stereocenters. The van der Waals surface area contributed by atoms with Gasteiger partial charge in [0.2, 0.25) is 11.8 Å². The van der Waals surface area contributed by atoms with Crippen LogP contribution in [0.1, 0.15) is 69.8 Å². The van der Waals surface area contributed by atoms with Gasteiger partial charge in [-0.1, -0.05) is 18.2 Å². The highest BCUT2D eigenvalue weighted by atomic mass is 19.1. The number of pyridine rings is 1. The van der Waals surface area contributed by atoms with Crippen LogP contribution in [0.3, 0.4) is 0 Å². The third kappa shape index (κ3) is 6.29. The second-order valence-corrected chi connectivity index (χ2v) is 14.6. The maximum Gasteiger partial charge on any atom is 0.255 e. The number of imidazole rings is 1. The Balaban J connectivity index is 0.892. The number of benzene rings is 3. The number of carbonyl (C=O) groups is 2. The fourth-order valence-corrected chi connectivity index (χ4v) is 7.70. The van der Waals surface area contributed by atoms with Gasteiger partial charge in [0.25, 0.3) is 5.91 Å². The van der Waals surface area contributed by atoms with E-state index in [2.05, 4.69) is 26.2 Å². The van der Waals surface area contributed by atoms with Gasteiger partial charge in [-0.15, -0.1) is 0 Å². The Labute approximate surface area is 311 Å². The first-order valence-electron chi connectivity index (χ1n) is 18.4. The van der Waals surface area contributed by atoms with E-state index in [-0.39, 0.29) is 30.1 Å². The fourth-order valence-electron chi connectivity index (χ4n) is 7.70. The molecule has 5 heterocycles. The van der Waals surface area contributed by atoms with Crippen molar-refractivity contribution < 1.29 is 23.5 Å². The van der Waals surface area contributed by atoms with Gasteiger partial charge in [-0.05, 0) is 97.8 Å². The van der Waals surface area contributed by atoms with Crippen LogP contribution in [0.4, 0.5) is 15.8 Å². The van der Waals surface area contributed by atoms with Crippen molar-refractivity contribution >= 4 is 39.8 Å². The van der Waals surface area contributed by atoms with Crippen molar-refractivity contribution in [3.05, 3.63) is 118 Å². The summed E-state index contributed by atoms with van der Waals surface area (Å²) in [6, 6.07) is 21.4. The molecular formula is C42H38FN7O4. The topological polar surface area (TPSA) is 134 Å². The molecule has 2 fully saturated rings. The Bertz CT molecular complexity index is 2420. The minimum Gasteiger partial charge on any atom is -0.473 e. The average molecular weight is 724 g/mol. The van der Waals surface area contributed by atoms with Gasteiger partial charge < -0.3 is 24.7 Å². The molecule has 272 valence electrons. The third-order valence-electron chi connectivity index (χ3n) is 11.1. The van der Waals surface area contributed by atoms with Crippen LogP contribution in [-0.4, -0.2) is 57.0 Å². The van der Waals surface area contributed by atoms with Crippen molar-refractivity contribution in [3.8, 4) is 11.9 Å². The van der Waals surface area contributed by atoms with Crippen LogP contribution in [0.15, 0.2) is 72.8 Å². The smallest absolute Gasteiger partial charge is 0.255 e. The Morgan fingerprint density at radius 2 is 2.02 bits per heavy atom. The molecule has 1 aliphatic carbocycles. The number of hydrogen-bond acceptors (Lipinski definition) is 8. The molecule has 1 atom stereocenters. The SMILES string of the molecule is Cc1cc(C(=O)Nc2ccc3c(c2)nc(CN2CC=C(c4cccc(OCc5ccc(C#N)cc5F)n4)CC2)n3C[C@@H]2CCO2)cc2c1NC(=O)C21CC1. The van der Waals surface area contributed by atoms with E-state index < -0.39 is 11.2 Å². The molecule has 9 rings (SSSR count). The lowest BCUT2D eigenvalue weighted by Crippen LogP contribution is -2.33. The summed E-state index contributed by atoms with van der Waals surface area (Å²) >= 11 is 0. The van der Waals surface area contributed by atoms with Gasteiger partial charge in [-0.25, -0.2) is 14.4 Å². The summed E-state index contributed by atoms with van der Waals surface area (Å²) in [5.41, 5.74) is 7.74. The molecule has 2 amide bonds. The summed E-state index contributed by atoms with van der Waals surface area (Å²) in [6.45, 7) is 5.58. The highest BCUT2D eigenvalue weighted by Crippen LogP contribution is 2.56. The van der Waals surface area contributed by atoms with Gasteiger partial charge in [0.1, 0.15) is 18.2 Å². The van der Waals surface area contributed by atoms with Crippen LogP contribution in [0.25, 0.3) is 16.6 Å². The number of halogens is 1. The molecule has 0 radical (unpaired) electrons. The highest BCUT2D eigenvalue weighted by molar-refractivity contribution is 6.11. The van der Waals surface area contributed by atoms with E-state index in [1.807, 2.05) is 55.5 Å². The molecule has 12 heteroatoms. The van der Waals surface area contributed by atoms with E-state index in [0.29, 0.717) is 42.3 Å². The molecule has 3 aliphatic heterocycles. The first-order chi connectivity index (χ1) is 26.3. The Morgan fingerprint density at radius 1 is 1.15 bits per heavy atom. The van der Waals surface area contributed by atoms with Crippen LogP contribution in [0, 0.1) is 24.1 Å². The number of rotatable bonds is 10. The molecule has 11 nitrogen and oxygen atoms in total. The van der Waals surface area contributed by atoms with Crippen LogP contribution in [0.2, 0.25) is 0 Å². The minimum absolute atomic E-state index is 0.0115. The predicted molar refractivity (Wildman–Crippen MR) is 200 cm³/mol. The molecule has 2 N–H and O–H groups in total. The number of aromatic nitrogens is 3. The van der Waals surface area contributed by atoms with Gasteiger partial charge >= 0.3 is 0 Å². The molecule has 54 heavy (non-hydrogen) atoms. The Kier molecular flexibility index (Phi) is 8.48. The quantitative estimate of drug-likeness (QED) is 0.164. The molecule has 0 bridgehead atoms. The molecule has 1 saturated heterocycles. The zero-order valence-electron chi connectivity index (χ0n) is 29.8. The second-order valence-electron chi connectivity index (χ2n) is 14.6. The molecule has 1 spiro atoms. The van der Waals surface area contributed by atoms with Crippen molar-refractivity contribution in [2.24, 2.45) is 0 Å². The summed E-state index contributed by atoms with van der Waals surface area (Å²) in [6.07, 6.45) is 5.74. The van der Waals surface area contributed by atoms with Crippen LogP contribution in [-0.2, 0) is 34.6 Å². The maximum atomic E-state index is 14.4. The number of amides is 2. The molecule has 3 aromatic carbocycles. The normalized spacial score (nSPS) is 18.4. The third-order valence-corrected chi connectivity index (χ3v) is 11.1. The average Bonchev–Trinajstić information content (AvgIpc) is 3.84. The number of nitriles is 1. The van der Waals surface area contributed by atoms with E-state index in [4.69, 9.17) is 24.7 Å². The monoisotopic (exact) mass is 723 g/mol. The van der Waals surface area contributed by atoms with Gasteiger partial charge in [0.15, 0.2) is 0 Å². The summed E-state index contributed by atoms with van der Waals surface area (Å²) in [4.78, 5) is 38.3. The van der Waals surface area contributed by atoms with E-state index in [0.717, 1.165) is 83.8 Å². The van der Waals surface area contributed by atoms with Crippen LogP contribution < -0.4 is 15.4 Å². The maximum absolute atomic E-state index is 14.4. The number of anilines is 2. The van der Waals surface area contributed by atoms with E-state index in [1.165, 1.54) is 6.07 Å². The summed E-state index contributed by atoms with van der Waals surface area (Å²) in [5, 5.41) is 15.1. The second kappa shape index (κ2) is 13.5. The zero-order chi connectivity index (χ0) is 37.0. The first kappa shape index (κ1) is 33.9. The van der Waals surface area contributed by atoms with Gasteiger partial charge in [-0.3, -0.25) is 14.5 Å². The summed E-state index contributed by atoms with van der Waals surface area (Å²) in [7, 11) is 0. The number of ether oxygens (including phenoxy) is 2. The summed E-state index contributed by atoms with van der Waals surface area (Å²) in [5.74, 6) is 0.677. The molecule has 1 saturated carbocycles. The number of carbonyl (C=O) groups excluding carboxylic acids is 2. The van der Waals surface area contributed by atoms with Crippen molar-refractivity contribution in [1.82, 2.24) is 19.4 Å². The zero-order valence-corrected chi connectivity index (χ0v) is 29.8. The minimum atomic E-state index is -0.480. The van der Waals surface area contributed by atoms with E-state index in [9.17, 15) is 14.0 Å². The van der Waals surface area contributed by atoms with Crippen molar-refractivity contribution in [2.75, 3.05) is 30.3 Å². The van der Waals surface area contributed by atoms with E-state index in [1.54, 1.807) is 18.2 Å².